The van der Waals surface area contributed by atoms with Gasteiger partial charge in [-0.2, -0.15) is 0 Å². The van der Waals surface area contributed by atoms with Crippen LogP contribution in [0.15, 0.2) is 0 Å². The quantitative estimate of drug-likeness (QED) is 0.813. The molecule has 20 heavy (non-hydrogen) atoms. The van der Waals surface area contributed by atoms with Gasteiger partial charge in [-0.05, 0) is 44.4 Å². The van der Waals surface area contributed by atoms with E-state index in [2.05, 4.69) is 12.2 Å². The third-order valence-corrected chi connectivity index (χ3v) is 5.04. The van der Waals surface area contributed by atoms with Gasteiger partial charge in [0.15, 0.2) is 0 Å². The second-order valence-corrected chi connectivity index (χ2v) is 6.76. The van der Waals surface area contributed by atoms with Gasteiger partial charge >= 0.3 is 0 Å². The zero-order valence-corrected chi connectivity index (χ0v) is 12.8. The molecule has 2 aliphatic carbocycles. The lowest BCUT2D eigenvalue weighted by molar-refractivity contribution is -0.137. The molecule has 0 aliphatic heterocycles. The molecule has 0 spiro atoms. The highest BCUT2D eigenvalue weighted by molar-refractivity contribution is 5.77. The smallest absolute Gasteiger partial charge is 0.246 e. The molecule has 3 N–H and O–H groups in total. The first kappa shape index (κ1) is 15.8. The van der Waals surface area contributed by atoms with Gasteiger partial charge in [0.2, 0.25) is 5.91 Å². The number of nitrogens with one attached hydrogen (secondary N) is 1. The van der Waals surface area contributed by atoms with Crippen molar-refractivity contribution in [2.45, 2.75) is 76.4 Å². The van der Waals surface area contributed by atoms with Crippen LogP contribution in [-0.2, 0) is 9.53 Å². The van der Waals surface area contributed by atoms with Crippen molar-refractivity contribution in [2.24, 2.45) is 11.7 Å². The summed E-state index contributed by atoms with van der Waals surface area (Å²) in [7, 11) is 0. The molecule has 4 heteroatoms. The molecule has 4 nitrogen and oxygen atoms in total. The lowest BCUT2D eigenvalue weighted by atomic mass is 9.79. The van der Waals surface area contributed by atoms with Crippen LogP contribution in [0.4, 0.5) is 0 Å². The van der Waals surface area contributed by atoms with Crippen molar-refractivity contribution >= 4 is 5.91 Å². The summed E-state index contributed by atoms with van der Waals surface area (Å²) in [6.45, 7) is 2.97. The molecule has 2 fully saturated rings. The number of carbonyl (C=O) groups excluding carboxylic acids is 1. The highest BCUT2D eigenvalue weighted by Gasteiger charge is 2.34. The molecule has 0 radical (unpaired) electrons. The molecule has 1 amide bonds. The molecule has 116 valence electrons. The van der Waals surface area contributed by atoms with Gasteiger partial charge in [-0.15, -0.1) is 0 Å². The van der Waals surface area contributed by atoms with Crippen LogP contribution in [0.1, 0.15) is 64.7 Å². The zero-order chi connectivity index (χ0) is 14.4. The van der Waals surface area contributed by atoms with Crippen LogP contribution in [0.5, 0.6) is 0 Å². The summed E-state index contributed by atoms with van der Waals surface area (Å²) >= 11 is 0. The van der Waals surface area contributed by atoms with Gasteiger partial charge in [-0.3, -0.25) is 4.79 Å². The number of nitrogens with two attached hydrogens (primary N) is 1. The molecule has 2 saturated carbocycles. The minimum atomic E-state index is -0.254. The van der Waals surface area contributed by atoms with Crippen LogP contribution in [0, 0.1) is 5.92 Å². The number of hydrogen-bond donors (Lipinski definition) is 2. The van der Waals surface area contributed by atoms with Gasteiger partial charge in [0.25, 0.3) is 0 Å². The number of amides is 1. The first-order chi connectivity index (χ1) is 9.63. The van der Waals surface area contributed by atoms with E-state index in [0.717, 1.165) is 44.4 Å². The van der Waals surface area contributed by atoms with Crippen molar-refractivity contribution in [1.82, 2.24) is 5.32 Å². The second-order valence-electron chi connectivity index (χ2n) is 6.76. The van der Waals surface area contributed by atoms with E-state index in [4.69, 9.17) is 10.5 Å². The minimum absolute atomic E-state index is 0.0309. The molecule has 0 heterocycles. The lowest BCUT2D eigenvalue weighted by Crippen LogP contribution is -2.47. The van der Waals surface area contributed by atoms with E-state index in [-0.39, 0.29) is 18.1 Å². The molecule has 0 unspecified atom stereocenters. The molecule has 0 aromatic heterocycles. The van der Waals surface area contributed by atoms with E-state index >= 15 is 0 Å². The van der Waals surface area contributed by atoms with Crippen LogP contribution in [0.2, 0.25) is 0 Å². The summed E-state index contributed by atoms with van der Waals surface area (Å²) < 4.78 is 5.93. The Labute approximate surface area is 122 Å². The van der Waals surface area contributed by atoms with Gasteiger partial charge in [0, 0.05) is 12.6 Å². The van der Waals surface area contributed by atoms with Crippen LogP contribution in [-0.4, -0.2) is 30.7 Å². The molecule has 0 aromatic carbocycles. The van der Waals surface area contributed by atoms with Gasteiger partial charge in [-0.25, -0.2) is 0 Å². The summed E-state index contributed by atoms with van der Waals surface area (Å²) in [5.74, 6) is 0.790. The fourth-order valence-corrected chi connectivity index (χ4v) is 3.43. The van der Waals surface area contributed by atoms with Crippen molar-refractivity contribution in [3.8, 4) is 0 Å². The maximum atomic E-state index is 12.0. The van der Waals surface area contributed by atoms with E-state index < -0.39 is 0 Å². The molecule has 0 saturated heterocycles. The molecule has 2 aliphatic rings. The Morgan fingerprint density at radius 1 is 1.20 bits per heavy atom. The Morgan fingerprint density at radius 3 is 2.45 bits per heavy atom. The van der Waals surface area contributed by atoms with E-state index in [0.29, 0.717) is 12.6 Å². The van der Waals surface area contributed by atoms with Crippen molar-refractivity contribution < 1.29 is 9.53 Å². The average molecular weight is 282 g/mol. The predicted molar refractivity (Wildman–Crippen MR) is 80.4 cm³/mol. The van der Waals surface area contributed by atoms with Gasteiger partial charge in [-0.1, -0.05) is 26.2 Å². The normalized spacial score (nSPS) is 32.0. The first-order valence-corrected chi connectivity index (χ1v) is 8.27. The average Bonchev–Trinajstić information content (AvgIpc) is 2.48. The minimum Gasteiger partial charge on any atom is -0.364 e. The van der Waals surface area contributed by atoms with E-state index in [1.54, 1.807) is 0 Å². The Kier molecular flexibility index (Phi) is 5.85. The highest BCUT2D eigenvalue weighted by Crippen LogP contribution is 2.33. The van der Waals surface area contributed by atoms with Crippen LogP contribution >= 0.6 is 0 Å². The Bertz CT molecular complexity index is 306. The number of ether oxygens (including phenoxy) is 1. The van der Waals surface area contributed by atoms with Gasteiger partial charge in [0.1, 0.15) is 6.61 Å². The Morgan fingerprint density at radius 2 is 1.85 bits per heavy atom. The molecule has 2 rings (SSSR count). The van der Waals surface area contributed by atoms with Crippen molar-refractivity contribution in [2.75, 3.05) is 13.2 Å². The largest absolute Gasteiger partial charge is 0.364 e. The Hall–Kier alpha value is -0.610. The summed E-state index contributed by atoms with van der Waals surface area (Å²) in [5, 5.41) is 3.10. The zero-order valence-electron chi connectivity index (χ0n) is 12.8. The summed E-state index contributed by atoms with van der Waals surface area (Å²) in [6.07, 6.45) is 10.3. The molecule has 0 atom stereocenters. The number of carbonyl (C=O) groups is 1. The molecule has 0 bridgehead atoms. The summed E-state index contributed by atoms with van der Waals surface area (Å²) in [5.41, 5.74) is 5.64. The third-order valence-electron chi connectivity index (χ3n) is 5.04. The monoisotopic (exact) mass is 282 g/mol. The summed E-state index contributed by atoms with van der Waals surface area (Å²) in [4.78, 5) is 12.0. The highest BCUT2D eigenvalue weighted by atomic mass is 16.5. The number of rotatable bonds is 5. The van der Waals surface area contributed by atoms with Gasteiger partial charge in [0.05, 0.1) is 5.60 Å². The van der Waals surface area contributed by atoms with Crippen molar-refractivity contribution in [3.63, 3.8) is 0 Å². The first-order valence-electron chi connectivity index (χ1n) is 8.27. The Balaban J connectivity index is 1.73. The van der Waals surface area contributed by atoms with Gasteiger partial charge < -0.3 is 15.8 Å². The standard InChI is InChI=1S/C16H30N2O2/c1-13-7-9-16(12-17,10-8-13)20-11-15(19)18-14-5-3-2-4-6-14/h13-14H,2-12,17H2,1H3,(H,18,19). The van der Waals surface area contributed by atoms with E-state index in [1.807, 2.05) is 0 Å². The SMILES string of the molecule is CC1CCC(CN)(OCC(=O)NC2CCCCC2)CC1. The maximum absolute atomic E-state index is 12.0. The van der Waals surface area contributed by atoms with Crippen molar-refractivity contribution in [1.29, 1.82) is 0 Å². The molecular weight excluding hydrogens is 252 g/mol. The van der Waals surface area contributed by atoms with Crippen molar-refractivity contribution in [3.05, 3.63) is 0 Å². The molecular formula is C16H30N2O2. The topological polar surface area (TPSA) is 64.3 Å². The maximum Gasteiger partial charge on any atom is 0.246 e. The van der Waals surface area contributed by atoms with Crippen LogP contribution in [0.3, 0.4) is 0 Å². The molecule has 0 aromatic rings. The van der Waals surface area contributed by atoms with E-state index in [1.165, 1.54) is 19.3 Å². The fourth-order valence-electron chi connectivity index (χ4n) is 3.43. The summed E-state index contributed by atoms with van der Waals surface area (Å²) in [6, 6.07) is 0.361. The predicted octanol–water partition coefficient (Wildman–Crippen LogP) is 2.36. The van der Waals surface area contributed by atoms with E-state index in [9.17, 15) is 4.79 Å². The number of hydrogen-bond acceptors (Lipinski definition) is 3. The van der Waals surface area contributed by atoms with Crippen LogP contribution < -0.4 is 11.1 Å². The second kappa shape index (κ2) is 7.41. The third kappa shape index (κ3) is 4.45. The fraction of sp³-hybridized carbons (Fsp3) is 0.938. The lowest BCUT2D eigenvalue weighted by Gasteiger charge is -2.38. The van der Waals surface area contributed by atoms with Crippen LogP contribution in [0.25, 0.3) is 0 Å².